The Morgan fingerprint density at radius 1 is 1.35 bits per heavy atom. The number of ether oxygens (including phenoxy) is 1. The fourth-order valence-corrected chi connectivity index (χ4v) is 1.91. The largest absolute Gasteiger partial charge is 0.480 e. The average molecular weight is 392 g/mol. The molecule has 1 unspecified atom stereocenters. The monoisotopic (exact) mass is 392 g/mol. The van der Waals surface area contributed by atoms with Gasteiger partial charge in [0.2, 0.25) is 0 Å². The molecule has 0 aliphatic heterocycles. The molecule has 0 aliphatic rings. The van der Waals surface area contributed by atoms with Gasteiger partial charge in [0.05, 0.1) is 0 Å². The van der Waals surface area contributed by atoms with Gasteiger partial charge in [0.1, 0.15) is 6.04 Å². The standard InChI is InChI=1S/C13H17IN2O4/c1-20-8-2-3-11(12(17)18)16-13(19)15-10-6-4-9(14)5-7-10/h4-7,11H,2-3,8H2,1H3,(H,17,18)(H2,15,16,19). The van der Waals surface area contributed by atoms with E-state index in [9.17, 15) is 9.59 Å². The minimum atomic E-state index is -1.06. The van der Waals surface area contributed by atoms with Crippen molar-refractivity contribution in [1.82, 2.24) is 5.32 Å². The van der Waals surface area contributed by atoms with Crippen molar-refractivity contribution in [2.45, 2.75) is 18.9 Å². The first kappa shape index (κ1) is 16.7. The number of carbonyl (C=O) groups is 2. The number of nitrogens with one attached hydrogen (secondary N) is 2. The highest BCUT2D eigenvalue weighted by Gasteiger charge is 2.19. The maximum absolute atomic E-state index is 11.7. The average Bonchev–Trinajstić information content (AvgIpc) is 2.40. The van der Waals surface area contributed by atoms with E-state index >= 15 is 0 Å². The summed E-state index contributed by atoms with van der Waals surface area (Å²) in [5.74, 6) is -1.06. The number of carboxylic acids is 1. The third-order valence-corrected chi connectivity index (χ3v) is 3.27. The Balaban J connectivity index is 2.48. The van der Waals surface area contributed by atoms with E-state index < -0.39 is 18.0 Å². The van der Waals surface area contributed by atoms with Crippen LogP contribution in [0.2, 0.25) is 0 Å². The first-order valence-electron chi connectivity index (χ1n) is 6.07. The maximum Gasteiger partial charge on any atom is 0.326 e. The molecule has 1 atom stereocenters. The van der Waals surface area contributed by atoms with E-state index in [1.165, 1.54) is 0 Å². The number of aliphatic carboxylic acids is 1. The van der Waals surface area contributed by atoms with Gasteiger partial charge in [0.15, 0.2) is 0 Å². The number of halogens is 1. The Kier molecular flexibility index (Phi) is 7.31. The van der Waals surface area contributed by atoms with Crippen LogP contribution in [0.25, 0.3) is 0 Å². The quantitative estimate of drug-likeness (QED) is 0.491. The van der Waals surface area contributed by atoms with Crippen molar-refractivity contribution in [3.8, 4) is 0 Å². The van der Waals surface area contributed by atoms with Crippen LogP contribution in [0.4, 0.5) is 10.5 Å². The van der Waals surface area contributed by atoms with Gasteiger partial charge >= 0.3 is 12.0 Å². The number of carboxylic acid groups (broad SMARTS) is 1. The highest BCUT2D eigenvalue weighted by molar-refractivity contribution is 14.1. The second kappa shape index (κ2) is 8.75. The zero-order chi connectivity index (χ0) is 15.0. The molecular weight excluding hydrogens is 375 g/mol. The van der Waals surface area contributed by atoms with E-state index in [1.54, 1.807) is 19.2 Å². The summed E-state index contributed by atoms with van der Waals surface area (Å²) in [5, 5.41) is 14.1. The van der Waals surface area contributed by atoms with Crippen molar-refractivity contribution in [2.75, 3.05) is 19.0 Å². The lowest BCUT2D eigenvalue weighted by atomic mass is 10.1. The van der Waals surface area contributed by atoms with E-state index in [0.717, 1.165) is 3.57 Å². The molecule has 0 heterocycles. The SMILES string of the molecule is COCCCC(NC(=O)Nc1ccc(I)cc1)C(=O)O. The number of methoxy groups -OCH3 is 1. The first-order valence-corrected chi connectivity index (χ1v) is 7.15. The third-order valence-electron chi connectivity index (χ3n) is 2.55. The molecule has 1 aromatic rings. The molecule has 7 heteroatoms. The Hall–Kier alpha value is -1.35. The molecule has 0 fully saturated rings. The van der Waals surface area contributed by atoms with Crippen LogP contribution in [0, 0.1) is 3.57 Å². The van der Waals surface area contributed by atoms with Gasteiger partial charge in [-0.3, -0.25) is 0 Å². The van der Waals surface area contributed by atoms with E-state index in [4.69, 9.17) is 9.84 Å². The molecule has 1 rings (SSSR count). The third kappa shape index (κ3) is 6.20. The number of hydrogen-bond acceptors (Lipinski definition) is 3. The minimum absolute atomic E-state index is 0.323. The van der Waals surface area contributed by atoms with Crippen molar-refractivity contribution in [3.05, 3.63) is 27.8 Å². The van der Waals surface area contributed by atoms with E-state index in [1.807, 2.05) is 12.1 Å². The van der Waals surface area contributed by atoms with Gasteiger partial charge in [0.25, 0.3) is 0 Å². The Labute approximate surface area is 131 Å². The van der Waals surface area contributed by atoms with Crippen LogP contribution in [0.5, 0.6) is 0 Å². The minimum Gasteiger partial charge on any atom is -0.480 e. The van der Waals surface area contributed by atoms with Gasteiger partial charge < -0.3 is 20.5 Å². The highest BCUT2D eigenvalue weighted by atomic mass is 127. The molecule has 0 aliphatic carbocycles. The molecule has 6 nitrogen and oxygen atoms in total. The van der Waals surface area contributed by atoms with Crippen LogP contribution in [-0.4, -0.2) is 36.9 Å². The van der Waals surface area contributed by atoms with E-state index in [0.29, 0.717) is 25.1 Å². The van der Waals surface area contributed by atoms with Crippen molar-refractivity contribution in [2.24, 2.45) is 0 Å². The lowest BCUT2D eigenvalue weighted by Crippen LogP contribution is -2.43. The molecule has 110 valence electrons. The molecule has 0 spiro atoms. The van der Waals surface area contributed by atoms with Crippen molar-refractivity contribution in [3.63, 3.8) is 0 Å². The predicted molar refractivity (Wildman–Crippen MR) is 83.8 cm³/mol. The molecule has 0 aromatic heterocycles. The number of benzene rings is 1. The molecule has 3 N–H and O–H groups in total. The Morgan fingerprint density at radius 3 is 2.55 bits per heavy atom. The fraction of sp³-hybridized carbons (Fsp3) is 0.385. The fourth-order valence-electron chi connectivity index (χ4n) is 1.55. The lowest BCUT2D eigenvalue weighted by Gasteiger charge is -2.15. The molecule has 2 amide bonds. The summed E-state index contributed by atoms with van der Waals surface area (Å²) in [5.41, 5.74) is 0.615. The summed E-state index contributed by atoms with van der Waals surface area (Å²) >= 11 is 2.16. The maximum atomic E-state index is 11.7. The van der Waals surface area contributed by atoms with Crippen LogP contribution in [0.1, 0.15) is 12.8 Å². The summed E-state index contributed by atoms with van der Waals surface area (Å²) in [7, 11) is 1.55. The van der Waals surface area contributed by atoms with E-state index in [2.05, 4.69) is 33.2 Å². The summed E-state index contributed by atoms with van der Waals surface area (Å²) in [4.78, 5) is 22.8. The van der Waals surface area contributed by atoms with Crippen molar-refractivity contribution < 1.29 is 19.4 Å². The number of hydrogen-bond donors (Lipinski definition) is 3. The van der Waals surface area contributed by atoms with Gasteiger partial charge in [-0.05, 0) is 59.7 Å². The van der Waals surface area contributed by atoms with Gasteiger partial charge in [-0.25, -0.2) is 9.59 Å². The normalized spacial score (nSPS) is 11.7. The number of amides is 2. The Bertz CT molecular complexity index is 450. The topological polar surface area (TPSA) is 87.7 Å². The van der Waals surface area contributed by atoms with E-state index in [-0.39, 0.29) is 0 Å². The van der Waals surface area contributed by atoms with Crippen LogP contribution < -0.4 is 10.6 Å². The van der Waals surface area contributed by atoms with Crippen LogP contribution >= 0.6 is 22.6 Å². The molecule has 20 heavy (non-hydrogen) atoms. The number of rotatable bonds is 7. The van der Waals surface area contributed by atoms with Gasteiger partial charge in [-0.15, -0.1) is 0 Å². The Morgan fingerprint density at radius 2 is 2.00 bits per heavy atom. The molecule has 0 bridgehead atoms. The molecule has 0 saturated heterocycles. The second-order valence-corrected chi connectivity index (χ2v) is 5.38. The van der Waals surface area contributed by atoms with Crippen LogP contribution in [0.3, 0.4) is 0 Å². The second-order valence-electron chi connectivity index (χ2n) is 4.13. The van der Waals surface area contributed by atoms with Gasteiger partial charge in [-0.1, -0.05) is 0 Å². The highest BCUT2D eigenvalue weighted by Crippen LogP contribution is 2.11. The van der Waals surface area contributed by atoms with Gasteiger partial charge in [0, 0.05) is 23.0 Å². The van der Waals surface area contributed by atoms with Gasteiger partial charge in [-0.2, -0.15) is 0 Å². The molecular formula is C13H17IN2O4. The number of carbonyl (C=O) groups excluding carboxylic acids is 1. The van der Waals surface area contributed by atoms with Crippen LogP contribution in [0.15, 0.2) is 24.3 Å². The zero-order valence-corrected chi connectivity index (χ0v) is 13.2. The molecule has 0 radical (unpaired) electrons. The number of urea groups is 1. The molecule has 0 saturated carbocycles. The zero-order valence-electron chi connectivity index (χ0n) is 11.1. The van der Waals surface area contributed by atoms with Crippen molar-refractivity contribution in [1.29, 1.82) is 0 Å². The predicted octanol–water partition coefficient (Wildman–Crippen LogP) is 2.29. The number of anilines is 1. The summed E-state index contributed by atoms with van der Waals surface area (Å²) in [6.45, 7) is 0.463. The van der Waals surface area contributed by atoms with Crippen molar-refractivity contribution >= 4 is 40.3 Å². The lowest BCUT2D eigenvalue weighted by molar-refractivity contribution is -0.139. The summed E-state index contributed by atoms with van der Waals surface area (Å²) in [6.07, 6.45) is 0.889. The smallest absolute Gasteiger partial charge is 0.326 e. The first-order chi connectivity index (χ1) is 9.52. The van der Waals surface area contributed by atoms with Crippen LogP contribution in [-0.2, 0) is 9.53 Å². The molecule has 1 aromatic carbocycles. The summed E-state index contributed by atoms with van der Waals surface area (Å²) < 4.78 is 5.91. The summed E-state index contributed by atoms with van der Waals surface area (Å²) in [6, 6.07) is 5.75.